The molecule has 7 heteroatoms. The molecule has 0 aromatic heterocycles. The number of hydrogen-bond donors (Lipinski definition) is 1. The third-order valence-corrected chi connectivity index (χ3v) is 6.99. The van der Waals surface area contributed by atoms with Gasteiger partial charge in [0.05, 0.1) is 5.75 Å². The minimum Gasteiger partial charge on any atom is -0.350 e. The normalized spacial score (nSPS) is 12.1. The van der Waals surface area contributed by atoms with E-state index in [1.807, 2.05) is 99.6 Å². The van der Waals surface area contributed by atoms with Crippen molar-refractivity contribution in [2.24, 2.45) is 0 Å². The zero-order valence-electron chi connectivity index (χ0n) is 20.1. The molecule has 4 nitrogen and oxygen atoms in total. The number of nitrogens with one attached hydrogen (secondary N) is 1. The molecule has 3 rings (SSSR count). The monoisotopic (exact) mass is 572 g/mol. The van der Waals surface area contributed by atoms with Crippen LogP contribution in [0.4, 0.5) is 0 Å². The first-order valence-corrected chi connectivity index (χ1v) is 13.5. The largest absolute Gasteiger partial charge is 0.350 e. The highest BCUT2D eigenvalue weighted by Gasteiger charge is 2.32. The van der Waals surface area contributed by atoms with E-state index in [1.165, 1.54) is 11.8 Å². The first-order valence-electron chi connectivity index (χ1n) is 11.4. The summed E-state index contributed by atoms with van der Waals surface area (Å²) in [6, 6.07) is 24.4. The molecule has 35 heavy (non-hydrogen) atoms. The molecule has 0 aliphatic carbocycles. The van der Waals surface area contributed by atoms with E-state index in [0.29, 0.717) is 18.0 Å². The van der Waals surface area contributed by atoms with Crippen molar-refractivity contribution in [1.82, 2.24) is 10.2 Å². The Labute approximate surface area is 225 Å². The average Bonchev–Trinajstić information content (AvgIpc) is 2.81. The Morgan fingerprint density at radius 2 is 1.57 bits per heavy atom. The Morgan fingerprint density at radius 3 is 2.17 bits per heavy atom. The summed E-state index contributed by atoms with van der Waals surface area (Å²) in [4.78, 5) is 29.8. The van der Waals surface area contributed by atoms with E-state index in [9.17, 15) is 9.59 Å². The second kappa shape index (κ2) is 12.6. The Balaban J connectivity index is 1.91. The van der Waals surface area contributed by atoms with Crippen LogP contribution in [0.3, 0.4) is 0 Å². The second-order valence-electron chi connectivity index (χ2n) is 9.34. The van der Waals surface area contributed by atoms with E-state index < -0.39 is 11.6 Å². The lowest BCUT2D eigenvalue weighted by molar-refractivity contribution is -0.140. The molecule has 184 valence electrons. The Hall–Kier alpha value is -2.28. The van der Waals surface area contributed by atoms with E-state index in [2.05, 4.69) is 21.2 Å². The van der Waals surface area contributed by atoms with Gasteiger partial charge in [0.2, 0.25) is 11.8 Å². The van der Waals surface area contributed by atoms with Gasteiger partial charge in [0, 0.05) is 32.9 Å². The second-order valence-corrected chi connectivity index (χ2v) is 11.7. The van der Waals surface area contributed by atoms with Crippen molar-refractivity contribution in [2.75, 3.05) is 5.75 Å². The predicted octanol–water partition coefficient (Wildman–Crippen LogP) is 6.75. The van der Waals surface area contributed by atoms with Gasteiger partial charge in [-0.3, -0.25) is 9.59 Å². The molecule has 0 radical (unpaired) electrons. The number of carbonyl (C=O) groups excluding carboxylic acids is 2. The number of carbonyl (C=O) groups is 2. The summed E-state index contributed by atoms with van der Waals surface area (Å²) in [7, 11) is 0. The minimum absolute atomic E-state index is 0.0992. The number of halogens is 2. The maximum atomic E-state index is 13.6. The summed E-state index contributed by atoms with van der Waals surface area (Å²) < 4.78 is 0.962. The van der Waals surface area contributed by atoms with Crippen molar-refractivity contribution in [3.63, 3.8) is 0 Å². The summed E-state index contributed by atoms with van der Waals surface area (Å²) in [5, 5.41) is 3.74. The van der Waals surface area contributed by atoms with Gasteiger partial charge in [-0.2, -0.15) is 0 Å². The molecule has 3 aromatic carbocycles. The molecule has 0 aliphatic rings. The van der Waals surface area contributed by atoms with Crippen LogP contribution in [0.5, 0.6) is 0 Å². The Bertz CT molecular complexity index is 1120. The first-order chi connectivity index (χ1) is 16.6. The fourth-order valence-corrected chi connectivity index (χ4v) is 4.73. The number of nitrogens with zero attached hydrogens (tertiary/aromatic N) is 1. The highest BCUT2D eigenvalue weighted by atomic mass is 79.9. The maximum absolute atomic E-state index is 13.6. The Kier molecular flexibility index (Phi) is 9.84. The van der Waals surface area contributed by atoms with Crippen molar-refractivity contribution in [3.8, 4) is 0 Å². The van der Waals surface area contributed by atoms with Gasteiger partial charge in [0.1, 0.15) is 6.04 Å². The van der Waals surface area contributed by atoms with Gasteiger partial charge in [0.15, 0.2) is 0 Å². The van der Waals surface area contributed by atoms with Crippen LogP contribution in [0.2, 0.25) is 5.02 Å². The molecule has 0 spiro atoms. The molecular weight excluding hydrogens is 544 g/mol. The average molecular weight is 574 g/mol. The molecule has 0 bridgehead atoms. The molecule has 3 aromatic rings. The maximum Gasteiger partial charge on any atom is 0.243 e. The van der Waals surface area contributed by atoms with Crippen LogP contribution in [-0.4, -0.2) is 34.0 Å². The summed E-state index contributed by atoms with van der Waals surface area (Å²) in [5.74, 6) is -0.0483. The minimum atomic E-state index is -0.654. The van der Waals surface area contributed by atoms with E-state index in [1.54, 1.807) is 4.90 Å². The lowest BCUT2D eigenvalue weighted by Gasteiger charge is -2.34. The number of rotatable bonds is 9. The van der Waals surface area contributed by atoms with Gasteiger partial charge < -0.3 is 10.2 Å². The summed E-state index contributed by atoms with van der Waals surface area (Å²) in [5.41, 5.74) is 1.54. The van der Waals surface area contributed by atoms with Gasteiger partial charge in [-0.05, 0) is 68.3 Å². The third kappa shape index (κ3) is 9.02. The predicted molar refractivity (Wildman–Crippen MR) is 149 cm³/mol. The standard InChI is InChI=1S/C28H30BrClN2O2S/c1-28(2,3)31-27(34)25(17-20-7-5-4-6-8-20)32(18-21-9-11-22(29)12-10-21)26(33)19-35-24-15-13-23(30)14-16-24/h4-16,25H,17-19H2,1-3H3,(H,31,34). The van der Waals surface area contributed by atoms with Crippen LogP contribution in [0.25, 0.3) is 0 Å². The van der Waals surface area contributed by atoms with Gasteiger partial charge in [-0.1, -0.05) is 70.0 Å². The molecule has 2 amide bonds. The van der Waals surface area contributed by atoms with Crippen LogP contribution >= 0.6 is 39.3 Å². The lowest BCUT2D eigenvalue weighted by atomic mass is 10.0. The molecule has 1 atom stereocenters. The quantitative estimate of drug-likeness (QED) is 0.288. The van der Waals surface area contributed by atoms with Crippen LogP contribution in [0, 0.1) is 0 Å². The highest BCUT2D eigenvalue weighted by Crippen LogP contribution is 2.23. The fraction of sp³-hybridized carbons (Fsp3) is 0.286. The van der Waals surface area contributed by atoms with Crippen molar-refractivity contribution in [3.05, 3.63) is 99.5 Å². The van der Waals surface area contributed by atoms with Crippen molar-refractivity contribution >= 4 is 51.1 Å². The molecular formula is C28H30BrClN2O2S. The molecule has 0 saturated heterocycles. The molecule has 0 fully saturated rings. The van der Waals surface area contributed by atoms with Crippen LogP contribution in [-0.2, 0) is 22.6 Å². The topological polar surface area (TPSA) is 49.4 Å². The third-order valence-electron chi connectivity index (χ3n) is 5.21. The molecule has 0 saturated carbocycles. The van der Waals surface area contributed by atoms with Gasteiger partial charge in [-0.15, -0.1) is 11.8 Å². The Morgan fingerprint density at radius 1 is 0.943 bits per heavy atom. The number of benzene rings is 3. The smallest absolute Gasteiger partial charge is 0.243 e. The lowest BCUT2D eigenvalue weighted by Crippen LogP contribution is -2.54. The van der Waals surface area contributed by atoms with Crippen LogP contribution in [0.1, 0.15) is 31.9 Å². The van der Waals surface area contributed by atoms with E-state index in [0.717, 1.165) is 20.5 Å². The first kappa shape index (κ1) is 27.3. The van der Waals surface area contributed by atoms with Crippen molar-refractivity contribution in [1.29, 1.82) is 0 Å². The summed E-state index contributed by atoms with van der Waals surface area (Å²) in [6.45, 7) is 6.17. The number of thioether (sulfide) groups is 1. The SMILES string of the molecule is CC(C)(C)NC(=O)C(Cc1ccccc1)N(Cc1ccc(Br)cc1)C(=O)CSc1ccc(Cl)cc1. The number of hydrogen-bond acceptors (Lipinski definition) is 3. The summed E-state index contributed by atoms with van der Waals surface area (Å²) >= 11 is 10.9. The number of amides is 2. The molecule has 0 heterocycles. The van der Waals surface area contributed by atoms with Crippen molar-refractivity contribution in [2.45, 2.75) is 50.2 Å². The summed E-state index contributed by atoms with van der Waals surface area (Å²) in [6.07, 6.45) is 0.427. The van der Waals surface area contributed by atoms with Gasteiger partial charge in [-0.25, -0.2) is 0 Å². The molecule has 1 unspecified atom stereocenters. The van der Waals surface area contributed by atoms with Crippen LogP contribution in [0.15, 0.2) is 88.2 Å². The zero-order valence-corrected chi connectivity index (χ0v) is 23.3. The van der Waals surface area contributed by atoms with E-state index in [-0.39, 0.29) is 17.6 Å². The highest BCUT2D eigenvalue weighted by molar-refractivity contribution is 9.10. The van der Waals surface area contributed by atoms with Crippen molar-refractivity contribution < 1.29 is 9.59 Å². The fourth-order valence-electron chi connectivity index (χ4n) is 3.55. The molecule has 1 N–H and O–H groups in total. The van der Waals surface area contributed by atoms with E-state index in [4.69, 9.17) is 11.6 Å². The van der Waals surface area contributed by atoms with E-state index >= 15 is 0 Å². The van der Waals surface area contributed by atoms with Gasteiger partial charge >= 0.3 is 0 Å². The van der Waals surface area contributed by atoms with Crippen LogP contribution < -0.4 is 5.32 Å². The molecule has 0 aliphatic heterocycles. The van der Waals surface area contributed by atoms with Gasteiger partial charge in [0.25, 0.3) is 0 Å². The zero-order chi connectivity index (χ0) is 25.4.